The number of likely N-dealkylation sites (tertiary alicyclic amines) is 1. The van der Waals surface area contributed by atoms with Crippen LogP contribution in [0.3, 0.4) is 0 Å². The Labute approximate surface area is 221 Å². The summed E-state index contributed by atoms with van der Waals surface area (Å²) in [6.45, 7) is 7.62. The smallest absolute Gasteiger partial charge is 0.311 e. The van der Waals surface area contributed by atoms with Gasteiger partial charge in [0.15, 0.2) is 0 Å². The third kappa shape index (κ3) is 3.18. The number of aromatic nitrogens is 2. The fraction of sp³-hybridized carbons (Fsp3) is 0.500. The number of carbonyl (C=O) groups excluding carboxylic acids is 1. The highest BCUT2D eigenvalue weighted by Gasteiger charge is 2.72. The molecule has 5 aliphatic rings. The van der Waals surface area contributed by atoms with Crippen LogP contribution in [0, 0.1) is 10.8 Å². The number of halogens is 1. The van der Waals surface area contributed by atoms with E-state index in [1.165, 1.54) is 18.2 Å². The number of fused-ring (bicyclic) bond motifs is 5. The highest BCUT2D eigenvalue weighted by Crippen LogP contribution is 2.73. The average Bonchev–Trinajstić information content (AvgIpc) is 3.06. The molecule has 0 N–H and O–H groups in total. The summed E-state index contributed by atoms with van der Waals surface area (Å²) in [7, 11) is 1.51. The zero-order valence-corrected chi connectivity index (χ0v) is 22.4. The summed E-state index contributed by atoms with van der Waals surface area (Å²) in [5.41, 5.74) is 4.05. The van der Waals surface area contributed by atoms with E-state index in [0.29, 0.717) is 21.7 Å². The van der Waals surface area contributed by atoms with Gasteiger partial charge >= 0.3 is 5.97 Å². The van der Waals surface area contributed by atoms with Crippen LogP contribution in [0.4, 0.5) is 0 Å². The molecule has 2 aromatic carbocycles. The van der Waals surface area contributed by atoms with Crippen molar-refractivity contribution in [2.75, 3.05) is 26.7 Å². The molecule has 0 amide bonds. The van der Waals surface area contributed by atoms with Gasteiger partial charge in [-0.25, -0.2) is 0 Å². The molecular weight excluding hydrogens is 486 g/mol. The van der Waals surface area contributed by atoms with Crippen LogP contribution in [0.15, 0.2) is 41.2 Å². The molecule has 0 radical (unpaired) electrons. The summed E-state index contributed by atoms with van der Waals surface area (Å²) in [4.78, 5) is 32.0. The van der Waals surface area contributed by atoms with E-state index in [2.05, 4.69) is 46.5 Å². The molecule has 0 unspecified atom stereocenters. The van der Waals surface area contributed by atoms with E-state index >= 15 is 0 Å². The van der Waals surface area contributed by atoms with Crippen molar-refractivity contribution in [1.82, 2.24) is 14.5 Å². The third-order valence-corrected chi connectivity index (χ3v) is 10.1. The minimum Gasteiger partial charge on any atom is -0.469 e. The Kier molecular flexibility index (Phi) is 4.86. The Balaban J connectivity index is 1.11. The zero-order chi connectivity index (χ0) is 25.7. The van der Waals surface area contributed by atoms with Crippen LogP contribution in [-0.2, 0) is 14.9 Å². The highest BCUT2D eigenvalue weighted by molar-refractivity contribution is 6.35. The monoisotopic (exact) mass is 517 g/mol. The van der Waals surface area contributed by atoms with Crippen molar-refractivity contribution in [2.24, 2.45) is 10.8 Å². The standard InChI is InChI=1S/C30H32ClN3O3/c1-28(2)20-13-19(7-8-22(20)34-23-6-4-5-21(31)24(23)25(35)32-26(28)34)18-9-11-33(12-10-18)17-29-14-30(15-29,16-29)27(36)37-3/h4-8,13,18H,9-12,14-17H2,1-3H3. The maximum atomic E-state index is 12.9. The molecule has 4 fully saturated rings. The van der Waals surface area contributed by atoms with Crippen molar-refractivity contribution in [1.29, 1.82) is 0 Å². The molecule has 37 heavy (non-hydrogen) atoms. The van der Waals surface area contributed by atoms with E-state index in [0.717, 1.165) is 68.8 Å². The number of hydrogen-bond acceptors (Lipinski definition) is 5. The predicted octanol–water partition coefficient (Wildman–Crippen LogP) is 5.20. The zero-order valence-electron chi connectivity index (χ0n) is 21.6. The van der Waals surface area contributed by atoms with E-state index < -0.39 is 0 Å². The molecule has 3 aliphatic carbocycles. The number of benzene rings is 2. The van der Waals surface area contributed by atoms with Gasteiger partial charge in [0.25, 0.3) is 5.56 Å². The summed E-state index contributed by atoms with van der Waals surface area (Å²) in [5.74, 6) is 1.29. The van der Waals surface area contributed by atoms with E-state index in [9.17, 15) is 9.59 Å². The summed E-state index contributed by atoms with van der Waals surface area (Å²) in [6, 6.07) is 12.4. The highest BCUT2D eigenvalue weighted by atomic mass is 35.5. The van der Waals surface area contributed by atoms with Gasteiger partial charge in [-0.3, -0.25) is 14.2 Å². The Morgan fingerprint density at radius 2 is 1.86 bits per heavy atom. The summed E-state index contributed by atoms with van der Waals surface area (Å²) >= 11 is 6.41. The van der Waals surface area contributed by atoms with Crippen LogP contribution in [0.25, 0.3) is 16.6 Å². The van der Waals surface area contributed by atoms with E-state index in [1.54, 1.807) is 6.07 Å². The first-order valence-corrected chi connectivity index (χ1v) is 13.7. The number of ether oxygens (including phenoxy) is 1. The molecule has 2 bridgehead atoms. The van der Waals surface area contributed by atoms with Crippen LogP contribution in [0.5, 0.6) is 0 Å². The van der Waals surface area contributed by atoms with Crippen molar-refractivity contribution in [3.63, 3.8) is 0 Å². The number of carbonyl (C=O) groups is 1. The van der Waals surface area contributed by atoms with E-state index in [4.69, 9.17) is 16.3 Å². The average molecular weight is 518 g/mol. The minimum absolute atomic E-state index is 0.00861. The van der Waals surface area contributed by atoms with Gasteiger partial charge in [0.2, 0.25) is 0 Å². The molecular formula is C30H32ClN3O3. The van der Waals surface area contributed by atoms with Crippen LogP contribution in [-0.4, -0.2) is 47.2 Å². The van der Waals surface area contributed by atoms with E-state index in [-0.39, 0.29) is 22.4 Å². The largest absolute Gasteiger partial charge is 0.469 e. The lowest BCUT2D eigenvalue weighted by atomic mass is 9.35. The first-order chi connectivity index (χ1) is 17.7. The first-order valence-electron chi connectivity index (χ1n) is 13.3. The summed E-state index contributed by atoms with van der Waals surface area (Å²) in [6.07, 6.45) is 5.29. The van der Waals surface area contributed by atoms with Gasteiger partial charge in [-0.05, 0) is 99.7 Å². The Bertz CT molecular complexity index is 1510. The fourth-order valence-electron chi connectivity index (χ4n) is 8.01. The summed E-state index contributed by atoms with van der Waals surface area (Å²) < 4.78 is 7.13. The van der Waals surface area contributed by atoms with Crippen molar-refractivity contribution in [2.45, 2.75) is 57.3 Å². The van der Waals surface area contributed by atoms with Gasteiger partial charge in [-0.15, -0.1) is 0 Å². The Morgan fingerprint density at radius 3 is 2.57 bits per heavy atom. The van der Waals surface area contributed by atoms with Gasteiger partial charge in [0.05, 0.1) is 39.6 Å². The number of esters is 1. The molecule has 3 heterocycles. The van der Waals surface area contributed by atoms with Crippen molar-refractivity contribution in [3.8, 4) is 5.69 Å². The summed E-state index contributed by atoms with van der Waals surface area (Å²) in [5, 5.41) is 0.925. The van der Waals surface area contributed by atoms with Crippen molar-refractivity contribution >= 4 is 28.5 Å². The molecule has 6 nitrogen and oxygen atoms in total. The van der Waals surface area contributed by atoms with Crippen LogP contribution in [0.1, 0.15) is 68.8 Å². The fourth-order valence-corrected chi connectivity index (χ4v) is 8.26. The predicted molar refractivity (Wildman–Crippen MR) is 144 cm³/mol. The quantitative estimate of drug-likeness (QED) is 0.445. The van der Waals surface area contributed by atoms with Gasteiger partial charge in [-0.1, -0.05) is 29.8 Å². The normalized spacial score (nSPS) is 27.8. The maximum Gasteiger partial charge on any atom is 0.311 e. The first kappa shape index (κ1) is 23.4. The van der Waals surface area contributed by atoms with Gasteiger partial charge in [0.1, 0.15) is 5.82 Å². The molecule has 3 aromatic rings. The molecule has 1 saturated heterocycles. The molecule has 8 rings (SSSR count). The molecule has 0 spiro atoms. The number of piperidine rings is 1. The lowest BCUT2D eigenvalue weighted by Gasteiger charge is -2.69. The second-order valence-electron chi connectivity index (χ2n) is 12.5. The Morgan fingerprint density at radius 1 is 1.14 bits per heavy atom. The molecule has 2 aliphatic heterocycles. The molecule has 7 heteroatoms. The van der Waals surface area contributed by atoms with Crippen LogP contribution in [0.2, 0.25) is 5.02 Å². The van der Waals surface area contributed by atoms with Crippen molar-refractivity contribution in [3.05, 3.63) is 68.7 Å². The minimum atomic E-state index is -0.374. The van der Waals surface area contributed by atoms with Gasteiger partial charge < -0.3 is 9.64 Å². The van der Waals surface area contributed by atoms with E-state index in [1.807, 2.05) is 12.1 Å². The lowest BCUT2D eigenvalue weighted by molar-refractivity contribution is -0.231. The van der Waals surface area contributed by atoms with Gasteiger partial charge in [0, 0.05) is 6.54 Å². The van der Waals surface area contributed by atoms with Crippen LogP contribution >= 0.6 is 11.6 Å². The van der Waals surface area contributed by atoms with Crippen molar-refractivity contribution < 1.29 is 9.53 Å². The van der Waals surface area contributed by atoms with Crippen LogP contribution < -0.4 is 5.56 Å². The number of methoxy groups -OCH3 is 1. The third-order valence-electron chi connectivity index (χ3n) is 9.74. The van der Waals surface area contributed by atoms with Gasteiger partial charge in [-0.2, -0.15) is 4.98 Å². The second-order valence-corrected chi connectivity index (χ2v) is 12.9. The lowest BCUT2D eigenvalue weighted by Crippen LogP contribution is -2.69. The molecule has 192 valence electrons. The Hall–Kier alpha value is -2.70. The number of rotatable bonds is 4. The topological polar surface area (TPSA) is 64.4 Å². The number of hydrogen-bond donors (Lipinski definition) is 0. The SMILES string of the molecule is COC(=O)C12CC(CN3CCC(c4ccc5c(c4)C(C)(C)c4nc(=O)c6c(Cl)cccc6n4-5)CC3)(C1)C2. The molecule has 1 aromatic heterocycles. The number of nitrogens with zero attached hydrogens (tertiary/aromatic N) is 3. The maximum absolute atomic E-state index is 12.9. The molecule has 3 saturated carbocycles. The second kappa shape index (κ2) is 7.67. The molecule has 0 atom stereocenters.